The van der Waals surface area contributed by atoms with Crippen molar-refractivity contribution in [2.45, 2.75) is 12.8 Å². The highest BCUT2D eigenvalue weighted by atomic mass is 35.5. The summed E-state index contributed by atoms with van der Waals surface area (Å²) >= 11 is 5.75. The van der Waals surface area contributed by atoms with Crippen molar-refractivity contribution in [1.82, 2.24) is 0 Å². The molecule has 0 saturated carbocycles. The van der Waals surface area contributed by atoms with Crippen LogP contribution in [0.5, 0.6) is 0 Å². The largest absolute Gasteiger partial charge is 0.462 e. The minimum absolute atomic E-state index is 0.0941. The molecule has 0 saturated heterocycles. The molecule has 0 aliphatic rings. The van der Waals surface area contributed by atoms with Crippen LogP contribution in [0, 0.1) is 0 Å². The second-order valence-electron chi connectivity index (χ2n) is 3.30. The lowest BCUT2D eigenvalue weighted by atomic mass is 10.2. The van der Waals surface area contributed by atoms with Gasteiger partial charge in [-0.05, 0) is 31.0 Å². The highest BCUT2D eigenvalue weighted by Gasteiger charge is 2.11. The number of rotatable bonds is 5. The van der Waals surface area contributed by atoms with Gasteiger partial charge < -0.3 is 15.6 Å². The molecule has 88 valence electrons. The highest BCUT2D eigenvalue weighted by Crippen LogP contribution is 2.18. The van der Waals surface area contributed by atoms with Gasteiger partial charge in [-0.15, -0.1) is 0 Å². The van der Waals surface area contributed by atoms with E-state index in [-0.39, 0.29) is 18.8 Å². The van der Waals surface area contributed by atoms with Gasteiger partial charge in [0, 0.05) is 17.3 Å². The van der Waals surface area contributed by atoms with Crippen molar-refractivity contribution in [3.8, 4) is 0 Å². The number of unbranched alkanes of at least 4 members (excludes halogenated alkanes) is 1. The molecule has 4 nitrogen and oxygen atoms in total. The molecule has 0 unspecified atom stereocenters. The normalized spacial score (nSPS) is 10.1. The molecule has 16 heavy (non-hydrogen) atoms. The van der Waals surface area contributed by atoms with E-state index in [9.17, 15) is 4.79 Å². The Morgan fingerprint density at radius 3 is 2.88 bits per heavy atom. The lowest BCUT2D eigenvalue weighted by Gasteiger charge is -2.06. The van der Waals surface area contributed by atoms with Crippen LogP contribution in [0.3, 0.4) is 0 Å². The van der Waals surface area contributed by atoms with E-state index in [2.05, 4.69) is 0 Å². The maximum atomic E-state index is 11.6. The first-order valence-electron chi connectivity index (χ1n) is 4.98. The van der Waals surface area contributed by atoms with Gasteiger partial charge in [0.1, 0.15) is 0 Å². The third-order valence-electron chi connectivity index (χ3n) is 2.02. The molecular weight excluding hydrogens is 230 g/mol. The summed E-state index contributed by atoms with van der Waals surface area (Å²) in [5.74, 6) is -0.488. The zero-order chi connectivity index (χ0) is 12.0. The fraction of sp³-hybridized carbons (Fsp3) is 0.364. The number of hydrogen-bond acceptors (Lipinski definition) is 4. The Balaban J connectivity index is 2.55. The lowest BCUT2D eigenvalue weighted by molar-refractivity contribution is 0.0494. The van der Waals surface area contributed by atoms with Crippen LogP contribution >= 0.6 is 11.6 Å². The van der Waals surface area contributed by atoms with E-state index in [1.807, 2.05) is 0 Å². The van der Waals surface area contributed by atoms with Crippen molar-refractivity contribution in [3.05, 3.63) is 28.8 Å². The molecule has 0 atom stereocenters. The summed E-state index contributed by atoms with van der Waals surface area (Å²) in [5.41, 5.74) is 6.24. The molecule has 0 heterocycles. The molecule has 0 aliphatic heterocycles. The van der Waals surface area contributed by atoms with Crippen LogP contribution in [0.4, 0.5) is 5.69 Å². The van der Waals surface area contributed by atoms with Crippen molar-refractivity contribution in [1.29, 1.82) is 0 Å². The Bertz CT molecular complexity index is 368. The smallest absolute Gasteiger partial charge is 0.340 e. The van der Waals surface area contributed by atoms with Crippen LogP contribution < -0.4 is 5.73 Å². The molecule has 0 aromatic heterocycles. The van der Waals surface area contributed by atoms with E-state index in [0.29, 0.717) is 23.6 Å². The van der Waals surface area contributed by atoms with Crippen LogP contribution in [0.25, 0.3) is 0 Å². The van der Waals surface area contributed by atoms with Gasteiger partial charge in [-0.1, -0.05) is 11.6 Å². The number of carbonyl (C=O) groups excluding carboxylic acids is 1. The van der Waals surface area contributed by atoms with Gasteiger partial charge in [-0.3, -0.25) is 0 Å². The van der Waals surface area contributed by atoms with Gasteiger partial charge in [-0.25, -0.2) is 4.79 Å². The van der Waals surface area contributed by atoms with E-state index >= 15 is 0 Å². The molecule has 0 spiro atoms. The monoisotopic (exact) mass is 243 g/mol. The fourth-order valence-electron chi connectivity index (χ4n) is 1.16. The van der Waals surface area contributed by atoms with Crippen molar-refractivity contribution >= 4 is 23.3 Å². The molecule has 0 radical (unpaired) electrons. The number of carbonyl (C=O) groups is 1. The summed E-state index contributed by atoms with van der Waals surface area (Å²) in [5, 5.41) is 8.99. The van der Waals surface area contributed by atoms with Gasteiger partial charge in [0.05, 0.1) is 12.2 Å². The van der Waals surface area contributed by atoms with Crippen molar-refractivity contribution in [2.24, 2.45) is 0 Å². The summed E-state index contributed by atoms with van der Waals surface area (Å²) in [7, 11) is 0. The first kappa shape index (κ1) is 12.8. The average Bonchev–Trinajstić information content (AvgIpc) is 2.27. The lowest BCUT2D eigenvalue weighted by Crippen LogP contribution is -2.09. The fourth-order valence-corrected chi connectivity index (χ4v) is 1.33. The number of aliphatic hydroxyl groups is 1. The van der Waals surface area contributed by atoms with Crippen molar-refractivity contribution in [3.63, 3.8) is 0 Å². The summed E-state index contributed by atoms with van der Waals surface area (Å²) < 4.78 is 4.98. The van der Waals surface area contributed by atoms with E-state index in [1.165, 1.54) is 6.07 Å². The summed E-state index contributed by atoms with van der Waals surface area (Å²) in [6.07, 6.45) is 1.24. The predicted molar refractivity (Wildman–Crippen MR) is 62.5 cm³/mol. The minimum atomic E-state index is -0.488. The molecular formula is C11H14ClNO3. The number of hydrogen-bond donors (Lipinski definition) is 2. The molecule has 0 bridgehead atoms. The molecule has 1 aromatic rings. The average molecular weight is 244 g/mol. The molecule has 5 heteroatoms. The highest BCUT2D eigenvalue weighted by molar-refractivity contribution is 6.31. The molecule has 1 aromatic carbocycles. The van der Waals surface area contributed by atoms with E-state index in [4.69, 9.17) is 27.2 Å². The van der Waals surface area contributed by atoms with Crippen LogP contribution in [-0.4, -0.2) is 24.3 Å². The van der Waals surface area contributed by atoms with Gasteiger partial charge in [0.15, 0.2) is 0 Å². The standard InChI is InChI=1S/C11H14ClNO3/c12-8-3-4-10(13)9(7-8)11(15)16-6-2-1-5-14/h3-4,7,14H,1-2,5-6,13H2. The molecule has 1 rings (SSSR count). The van der Waals surface area contributed by atoms with Crippen molar-refractivity contribution < 1.29 is 14.6 Å². The van der Waals surface area contributed by atoms with E-state index in [1.54, 1.807) is 12.1 Å². The SMILES string of the molecule is Nc1ccc(Cl)cc1C(=O)OCCCCO. The second-order valence-corrected chi connectivity index (χ2v) is 3.73. The maximum Gasteiger partial charge on any atom is 0.340 e. The van der Waals surface area contributed by atoms with Gasteiger partial charge in [-0.2, -0.15) is 0 Å². The molecule has 3 N–H and O–H groups in total. The number of halogens is 1. The third-order valence-corrected chi connectivity index (χ3v) is 2.26. The zero-order valence-corrected chi connectivity index (χ0v) is 9.54. The Kier molecular flexibility index (Phi) is 5.08. The van der Waals surface area contributed by atoms with E-state index < -0.39 is 5.97 Å². The van der Waals surface area contributed by atoms with Crippen LogP contribution in [0.2, 0.25) is 5.02 Å². The van der Waals surface area contributed by atoms with Gasteiger partial charge >= 0.3 is 5.97 Å². The zero-order valence-electron chi connectivity index (χ0n) is 8.78. The number of esters is 1. The predicted octanol–water partition coefficient (Wildman–Crippen LogP) is 1.85. The second kappa shape index (κ2) is 6.35. The number of nitrogen functional groups attached to an aromatic ring is 1. The quantitative estimate of drug-likeness (QED) is 0.470. The summed E-state index contributed by atoms with van der Waals surface area (Å²) in [6.45, 7) is 0.363. The Morgan fingerprint density at radius 2 is 2.19 bits per heavy atom. The topological polar surface area (TPSA) is 72.6 Å². The third kappa shape index (κ3) is 3.72. The molecule has 0 fully saturated rings. The summed E-state index contributed by atoms with van der Waals surface area (Å²) in [6, 6.07) is 4.65. The van der Waals surface area contributed by atoms with Gasteiger partial charge in [0.25, 0.3) is 0 Å². The number of ether oxygens (including phenoxy) is 1. The van der Waals surface area contributed by atoms with E-state index in [0.717, 1.165) is 0 Å². The Hall–Kier alpha value is -1.26. The molecule has 0 amide bonds. The number of anilines is 1. The molecule has 0 aliphatic carbocycles. The van der Waals surface area contributed by atoms with Crippen LogP contribution in [0.1, 0.15) is 23.2 Å². The van der Waals surface area contributed by atoms with Crippen LogP contribution in [-0.2, 0) is 4.74 Å². The Labute approximate surface area is 99.0 Å². The first-order valence-corrected chi connectivity index (χ1v) is 5.36. The Morgan fingerprint density at radius 1 is 1.44 bits per heavy atom. The van der Waals surface area contributed by atoms with Crippen LogP contribution in [0.15, 0.2) is 18.2 Å². The number of nitrogens with two attached hydrogens (primary N) is 1. The number of benzene rings is 1. The summed E-state index contributed by atoms with van der Waals surface area (Å²) in [4.78, 5) is 11.6. The first-order chi connectivity index (χ1) is 7.65. The minimum Gasteiger partial charge on any atom is -0.462 e. The van der Waals surface area contributed by atoms with Gasteiger partial charge in [0.2, 0.25) is 0 Å². The van der Waals surface area contributed by atoms with Crippen molar-refractivity contribution in [2.75, 3.05) is 18.9 Å². The number of aliphatic hydroxyl groups excluding tert-OH is 1. The maximum absolute atomic E-state index is 11.6.